The first-order chi connectivity index (χ1) is 11.0. The number of thiazole rings is 1. The molecule has 1 aromatic rings. The van der Waals surface area contributed by atoms with Crippen LogP contribution in [0.15, 0.2) is 9.72 Å². The zero-order valence-electron chi connectivity index (χ0n) is 13.4. The van der Waals surface area contributed by atoms with Gasteiger partial charge < -0.3 is 15.3 Å². The minimum absolute atomic E-state index is 0.0880. The number of nitrogens with zero attached hydrogens (tertiary/aromatic N) is 2. The van der Waals surface area contributed by atoms with Gasteiger partial charge in [0.25, 0.3) is 0 Å². The van der Waals surface area contributed by atoms with Crippen molar-refractivity contribution in [1.29, 1.82) is 0 Å². The maximum absolute atomic E-state index is 12.1. The largest absolute Gasteiger partial charge is 0.476 e. The van der Waals surface area contributed by atoms with Gasteiger partial charge in [0.15, 0.2) is 10.0 Å². The van der Waals surface area contributed by atoms with E-state index in [0.717, 1.165) is 29.5 Å². The molecule has 2 heterocycles. The van der Waals surface area contributed by atoms with Crippen molar-refractivity contribution in [1.82, 2.24) is 15.2 Å². The Kier molecular flexibility index (Phi) is 6.86. The Hall–Kier alpha value is -1.12. The van der Waals surface area contributed by atoms with E-state index in [-0.39, 0.29) is 17.6 Å². The number of hydrogen-bond donors (Lipinski definition) is 2. The van der Waals surface area contributed by atoms with E-state index < -0.39 is 5.97 Å². The molecule has 1 aliphatic rings. The molecule has 2 unspecified atom stereocenters. The summed E-state index contributed by atoms with van der Waals surface area (Å²) in [6.45, 7) is 5.91. The van der Waals surface area contributed by atoms with E-state index in [2.05, 4.69) is 24.1 Å². The van der Waals surface area contributed by atoms with Crippen molar-refractivity contribution in [2.45, 2.75) is 49.5 Å². The fraction of sp³-hybridized carbons (Fsp3) is 0.667. The van der Waals surface area contributed by atoms with Crippen molar-refractivity contribution in [3.63, 3.8) is 0 Å². The lowest BCUT2D eigenvalue weighted by Crippen LogP contribution is -2.47. The molecule has 6 nitrogen and oxygen atoms in total. The van der Waals surface area contributed by atoms with E-state index in [1.807, 2.05) is 4.90 Å². The van der Waals surface area contributed by atoms with Crippen LogP contribution in [0.25, 0.3) is 0 Å². The normalized spacial score (nSPS) is 19.3. The van der Waals surface area contributed by atoms with Crippen LogP contribution in [0, 0.1) is 0 Å². The van der Waals surface area contributed by atoms with E-state index >= 15 is 0 Å². The molecule has 1 aromatic heterocycles. The van der Waals surface area contributed by atoms with Crippen molar-refractivity contribution in [2.24, 2.45) is 0 Å². The Morgan fingerprint density at radius 2 is 2.43 bits per heavy atom. The lowest BCUT2D eigenvalue weighted by Gasteiger charge is -2.30. The van der Waals surface area contributed by atoms with Crippen molar-refractivity contribution < 1.29 is 14.7 Å². The van der Waals surface area contributed by atoms with Gasteiger partial charge in [0, 0.05) is 36.2 Å². The van der Waals surface area contributed by atoms with Crippen LogP contribution in [0.3, 0.4) is 0 Å². The number of carbonyl (C=O) groups is 2. The molecule has 2 N–H and O–H groups in total. The number of amides is 1. The molecule has 0 saturated carbocycles. The van der Waals surface area contributed by atoms with Gasteiger partial charge in [0.2, 0.25) is 5.91 Å². The molecule has 8 heteroatoms. The maximum atomic E-state index is 12.1. The van der Waals surface area contributed by atoms with E-state index in [9.17, 15) is 9.59 Å². The molecule has 0 bridgehead atoms. The van der Waals surface area contributed by atoms with Crippen molar-refractivity contribution in [2.75, 3.05) is 18.8 Å². The van der Waals surface area contributed by atoms with Crippen LogP contribution in [0.4, 0.5) is 0 Å². The van der Waals surface area contributed by atoms with E-state index in [1.165, 1.54) is 23.1 Å². The highest BCUT2D eigenvalue weighted by molar-refractivity contribution is 8.01. The summed E-state index contributed by atoms with van der Waals surface area (Å²) in [6, 6.07) is 0.547. The molecule has 0 aliphatic carbocycles. The molecule has 23 heavy (non-hydrogen) atoms. The molecular weight excluding hydrogens is 334 g/mol. The number of carboxylic acids is 1. The van der Waals surface area contributed by atoms with Crippen molar-refractivity contribution in [3.05, 3.63) is 11.1 Å². The number of thioether (sulfide) groups is 1. The minimum atomic E-state index is -1.00. The van der Waals surface area contributed by atoms with Gasteiger partial charge in [0.1, 0.15) is 0 Å². The average Bonchev–Trinajstić information content (AvgIpc) is 3.13. The zero-order chi connectivity index (χ0) is 16.8. The highest BCUT2D eigenvalue weighted by atomic mass is 32.2. The predicted octanol–water partition coefficient (Wildman–Crippen LogP) is 2.31. The summed E-state index contributed by atoms with van der Waals surface area (Å²) in [4.78, 5) is 28.9. The van der Waals surface area contributed by atoms with Crippen LogP contribution in [0.1, 0.15) is 43.6 Å². The molecule has 0 aromatic carbocycles. The Balaban J connectivity index is 1.84. The SMILES string of the molecule is CCCNC(C)C1CCC(=O)N1CCSc1nc(C(=O)O)cs1. The molecule has 2 atom stereocenters. The second-order valence-corrected chi connectivity index (χ2v) is 7.79. The smallest absolute Gasteiger partial charge is 0.355 e. The summed E-state index contributed by atoms with van der Waals surface area (Å²) in [5.41, 5.74) is 0.0880. The standard InChI is InChI=1S/C15H23N3O3S2/c1-3-6-16-10(2)12-4-5-13(19)18(12)7-8-22-15-17-11(9-23-15)14(20)21/h9-10,12,16H,3-8H2,1-2H3,(H,20,21). The van der Waals surface area contributed by atoms with Gasteiger partial charge >= 0.3 is 5.97 Å². The van der Waals surface area contributed by atoms with Crippen LogP contribution >= 0.6 is 23.1 Å². The minimum Gasteiger partial charge on any atom is -0.476 e. The number of rotatable bonds is 9. The molecular formula is C15H23N3O3S2. The highest BCUT2D eigenvalue weighted by Gasteiger charge is 2.33. The number of likely N-dealkylation sites (tertiary alicyclic amines) is 1. The van der Waals surface area contributed by atoms with Crippen LogP contribution in [-0.4, -0.2) is 57.8 Å². The number of aromatic nitrogens is 1. The number of aromatic carboxylic acids is 1. The molecule has 2 rings (SSSR count). The van der Waals surface area contributed by atoms with Crippen molar-refractivity contribution in [3.8, 4) is 0 Å². The summed E-state index contributed by atoms with van der Waals surface area (Å²) < 4.78 is 0.739. The highest BCUT2D eigenvalue weighted by Crippen LogP contribution is 2.26. The monoisotopic (exact) mass is 357 g/mol. The van der Waals surface area contributed by atoms with Gasteiger partial charge in [-0.25, -0.2) is 9.78 Å². The third-order valence-corrected chi connectivity index (χ3v) is 5.93. The fourth-order valence-corrected chi connectivity index (χ4v) is 4.54. The molecule has 1 amide bonds. The molecule has 1 saturated heterocycles. The second kappa shape index (κ2) is 8.65. The Labute approximate surface area is 144 Å². The summed E-state index contributed by atoms with van der Waals surface area (Å²) in [6.07, 6.45) is 2.60. The number of nitrogens with one attached hydrogen (secondary N) is 1. The van der Waals surface area contributed by atoms with Crippen LogP contribution in [0.2, 0.25) is 0 Å². The van der Waals surface area contributed by atoms with Gasteiger partial charge in [0.05, 0.1) is 0 Å². The first-order valence-corrected chi connectivity index (χ1v) is 9.74. The van der Waals surface area contributed by atoms with Crippen LogP contribution in [0.5, 0.6) is 0 Å². The Morgan fingerprint density at radius 3 is 3.09 bits per heavy atom. The summed E-state index contributed by atoms with van der Waals surface area (Å²) in [5.74, 6) is -0.0557. The third kappa shape index (κ3) is 4.92. The average molecular weight is 358 g/mol. The summed E-state index contributed by atoms with van der Waals surface area (Å²) in [7, 11) is 0. The van der Waals surface area contributed by atoms with E-state index in [0.29, 0.717) is 19.0 Å². The van der Waals surface area contributed by atoms with Crippen LogP contribution in [-0.2, 0) is 4.79 Å². The van der Waals surface area contributed by atoms with E-state index in [4.69, 9.17) is 5.11 Å². The number of carbonyl (C=O) groups excluding carboxylic acids is 1. The predicted molar refractivity (Wildman–Crippen MR) is 92.3 cm³/mol. The van der Waals surface area contributed by atoms with Gasteiger partial charge in [-0.3, -0.25) is 4.79 Å². The number of carboxylic acid groups (broad SMARTS) is 1. The molecule has 0 radical (unpaired) electrons. The maximum Gasteiger partial charge on any atom is 0.355 e. The van der Waals surface area contributed by atoms with Crippen molar-refractivity contribution >= 4 is 35.0 Å². The molecule has 1 fully saturated rings. The first-order valence-electron chi connectivity index (χ1n) is 7.87. The lowest BCUT2D eigenvalue weighted by atomic mass is 10.1. The first kappa shape index (κ1) is 18.2. The lowest BCUT2D eigenvalue weighted by molar-refractivity contribution is -0.129. The van der Waals surface area contributed by atoms with Gasteiger partial charge in [-0.1, -0.05) is 18.7 Å². The van der Waals surface area contributed by atoms with Crippen LogP contribution < -0.4 is 5.32 Å². The van der Waals surface area contributed by atoms with Gasteiger partial charge in [-0.15, -0.1) is 11.3 Å². The third-order valence-electron chi connectivity index (χ3n) is 3.93. The number of hydrogen-bond acceptors (Lipinski definition) is 6. The zero-order valence-corrected chi connectivity index (χ0v) is 15.1. The summed E-state index contributed by atoms with van der Waals surface area (Å²) >= 11 is 2.84. The second-order valence-electron chi connectivity index (χ2n) is 5.59. The molecule has 0 spiro atoms. The molecule has 128 valence electrons. The van der Waals surface area contributed by atoms with Gasteiger partial charge in [-0.2, -0.15) is 0 Å². The Bertz CT molecular complexity index is 550. The topological polar surface area (TPSA) is 82.5 Å². The fourth-order valence-electron chi connectivity index (χ4n) is 2.73. The Morgan fingerprint density at radius 1 is 1.65 bits per heavy atom. The van der Waals surface area contributed by atoms with Gasteiger partial charge in [-0.05, 0) is 26.3 Å². The van der Waals surface area contributed by atoms with E-state index in [1.54, 1.807) is 5.38 Å². The molecule has 1 aliphatic heterocycles. The quantitative estimate of drug-likeness (QED) is 0.660. The summed E-state index contributed by atoms with van der Waals surface area (Å²) in [5, 5.41) is 13.9.